The molecule has 0 radical (unpaired) electrons. The Balaban J connectivity index is 3.51. The van der Waals surface area contributed by atoms with E-state index >= 15 is 0 Å². The molecule has 1 unspecified atom stereocenters. The predicted octanol–water partition coefficient (Wildman–Crippen LogP) is 3.76. The number of hydrogen-bond donors (Lipinski definition) is 0. The lowest BCUT2D eigenvalue weighted by Gasteiger charge is -2.28. The van der Waals surface area contributed by atoms with Gasteiger partial charge in [-0.3, -0.25) is 0 Å². The van der Waals surface area contributed by atoms with E-state index in [-0.39, 0.29) is 25.8 Å². The van der Waals surface area contributed by atoms with Crippen LogP contribution in [-0.2, 0) is 4.74 Å². The molecule has 0 bridgehead atoms. The fourth-order valence-corrected chi connectivity index (χ4v) is 1.97. The molecule has 0 spiro atoms. The summed E-state index contributed by atoms with van der Waals surface area (Å²) in [5.41, 5.74) is -1.67. The molecule has 4 nitrogen and oxygen atoms in total. The van der Waals surface area contributed by atoms with Crippen molar-refractivity contribution in [3.8, 4) is 0 Å². The molecule has 0 aromatic carbocycles. The molecule has 0 aromatic heterocycles. The van der Waals surface area contributed by atoms with Crippen molar-refractivity contribution < 1.29 is 31.1 Å². The molecule has 0 amide bonds. The first-order valence-electron chi connectivity index (χ1n) is 6.95. The summed E-state index contributed by atoms with van der Waals surface area (Å²) in [6, 6.07) is -0.732. The van der Waals surface area contributed by atoms with Crippen molar-refractivity contribution in [1.82, 2.24) is 4.90 Å². The first-order chi connectivity index (χ1) is 10.5. The Labute approximate surface area is 129 Å². The number of rotatable bonds is 3. The summed E-state index contributed by atoms with van der Waals surface area (Å²) >= 11 is 0. The van der Waals surface area contributed by atoms with E-state index in [1.165, 1.54) is 11.8 Å². The number of alkyl halides is 6. The maximum Gasteiger partial charge on any atom is 0.433 e. The van der Waals surface area contributed by atoms with E-state index in [4.69, 9.17) is 4.74 Å². The second kappa shape index (κ2) is 7.22. The van der Waals surface area contributed by atoms with Crippen LogP contribution in [0.3, 0.4) is 0 Å². The van der Waals surface area contributed by atoms with Gasteiger partial charge in [0.1, 0.15) is 17.5 Å². The molecule has 0 aliphatic carbocycles. The van der Waals surface area contributed by atoms with Crippen LogP contribution < -0.4 is 0 Å². The Kier molecular flexibility index (Phi) is 6.06. The Morgan fingerprint density at radius 2 is 1.61 bits per heavy atom. The van der Waals surface area contributed by atoms with Crippen LogP contribution in [0.5, 0.6) is 0 Å². The van der Waals surface area contributed by atoms with Crippen molar-refractivity contribution in [1.29, 1.82) is 0 Å². The van der Waals surface area contributed by atoms with Gasteiger partial charge in [-0.2, -0.15) is 36.3 Å². The molecular formula is C13H17F6N3O. The molecule has 23 heavy (non-hydrogen) atoms. The fourth-order valence-electron chi connectivity index (χ4n) is 1.97. The molecule has 1 rings (SSSR count). The van der Waals surface area contributed by atoms with Gasteiger partial charge < -0.3 is 9.64 Å². The summed E-state index contributed by atoms with van der Waals surface area (Å²) in [6.45, 7) is 4.85. The molecule has 0 saturated carbocycles. The van der Waals surface area contributed by atoms with E-state index in [0.29, 0.717) is 0 Å². The highest BCUT2D eigenvalue weighted by Crippen LogP contribution is 2.36. The Morgan fingerprint density at radius 1 is 1.04 bits per heavy atom. The van der Waals surface area contributed by atoms with Crippen LogP contribution in [0.1, 0.15) is 20.8 Å². The molecule has 0 saturated heterocycles. The van der Waals surface area contributed by atoms with Crippen molar-refractivity contribution >= 4 is 11.9 Å². The zero-order chi connectivity index (χ0) is 17.8. The van der Waals surface area contributed by atoms with Crippen molar-refractivity contribution in [2.24, 2.45) is 15.9 Å². The minimum atomic E-state index is -5.04. The molecule has 0 aromatic rings. The van der Waals surface area contributed by atoms with Crippen LogP contribution in [0.25, 0.3) is 0 Å². The van der Waals surface area contributed by atoms with Gasteiger partial charge in [0.25, 0.3) is 0 Å². The third-order valence-corrected chi connectivity index (χ3v) is 3.03. The van der Waals surface area contributed by atoms with Crippen molar-refractivity contribution in [3.05, 3.63) is 11.8 Å². The number of halogens is 6. The smallest absolute Gasteiger partial charge is 0.433 e. The zero-order valence-corrected chi connectivity index (χ0v) is 12.8. The number of hydrogen-bond acceptors (Lipinski definition) is 4. The highest BCUT2D eigenvalue weighted by Gasteiger charge is 2.47. The van der Waals surface area contributed by atoms with Crippen molar-refractivity contribution in [2.75, 3.05) is 19.7 Å². The quantitative estimate of drug-likeness (QED) is 0.731. The SMILES string of the molecule is CCOC1=NC(C(F)(F)F)=CC(C(F)(F)F)C(N(CC)CC)=N1. The van der Waals surface area contributed by atoms with E-state index in [2.05, 4.69) is 9.98 Å². The average molecular weight is 345 g/mol. The summed E-state index contributed by atoms with van der Waals surface area (Å²) in [5, 5.41) is 0. The number of amidine groups is 2. The second-order valence-corrected chi connectivity index (χ2v) is 4.54. The maximum absolute atomic E-state index is 13.3. The number of nitrogens with zero attached hydrogens (tertiary/aromatic N) is 3. The van der Waals surface area contributed by atoms with Gasteiger partial charge in [0.05, 0.1) is 6.61 Å². The molecule has 0 N–H and O–H groups in total. The van der Waals surface area contributed by atoms with E-state index in [1.807, 2.05) is 0 Å². The van der Waals surface area contributed by atoms with E-state index in [9.17, 15) is 26.3 Å². The number of allylic oxidation sites excluding steroid dienone is 1. The minimum Gasteiger partial charge on any atom is -0.464 e. The van der Waals surface area contributed by atoms with E-state index < -0.39 is 35.8 Å². The van der Waals surface area contributed by atoms with Crippen LogP contribution in [0.2, 0.25) is 0 Å². The predicted molar refractivity (Wildman–Crippen MR) is 73.1 cm³/mol. The molecule has 1 heterocycles. The summed E-state index contributed by atoms with van der Waals surface area (Å²) in [5.74, 6) is -3.07. The van der Waals surface area contributed by atoms with Gasteiger partial charge in [-0.15, -0.1) is 0 Å². The van der Waals surface area contributed by atoms with Gasteiger partial charge in [-0.1, -0.05) is 0 Å². The third kappa shape index (κ3) is 4.87. The van der Waals surface area contributed by atoms with Crippen LogP contribution in [-0.4, -0.2) is 48.8 Å². The topological polar surface area (TPSA) is 37.2 Å². The number of ether oxygens (including phenoxy) is 1. The maximum atomic E-state index is 13.3. The molecule has 1 aliphatic rings. The van der Waals surface area contributed by atoms with Gasteiger partial charge in [0.15, 0.2) is 0 Å². The summed E-state index contributed by atoms with van der Waals surface area (Å²) in [7, 11) is 0. The normalized spacial score (nSPS) is 19.5. The minimum absolute atomic E-state index is 0.0448. The fraction of sp³-hybridized carbons (Fsp3) is 0.692. The monoisotopic (exact) mass is 345 g/mol. The lowest BCUT2D eigenvalue weighted by Crippen LogP contribution is -2.42. The molecule has 0 fully saturated rings. The van der Waals surface area contributed by atoms with Gasteiger partial charge in [-0.25, -0.2) is 0 Å². The molecular weight excluding hydrogens is 328 g/mol. The molecule has 132 valence electrons. The third-order valence-electron chi connectivity index (χ3n) is 3.03. The van der Waals surface area contributed by atoms with Crippen LogP contribution in [0, 0.1) is 5.92 Å². The second-order valence-electron chi connectivity index (χ2n) is 4.54. The highest BCUT2D eigenvalue weighted by molar-refractivity contribution is 5.97. The summed E-state index contributed by atoms with van der Waals surface area (Å²) in [4.78, 5) is 7.96. The highest BCUT2D eigenvalue weighted by atomic mass is 19.4. The lowest BCUT2D eigenvalue weighted by atomic mass is 10.0. The lowest BCUT2D eigenvalue weighted by molar-refractivity contribution is -0.146. The van der Waals surface area contributed by atoms with Crippen LogP contribution >= 0.6 is 0 Å². The van der Waals surface area contributed by atoms with Gasteiger partial charge in [-0.05, 0) is 26.8 Å². The van der Waals surface area contributed by atoms with Gasteiger partial charge in [0.2, 0.25) is 0 Å². The van der Waals surface area contributed by atoms with Gasteiger partial charge >= 0.3 is 18.4 Å². The molecule has 10 heteroatoms. The average Bonchev–Trinajstić information content (AvgIpc) is 2.60. The largest absolute Gasteiger partial charge is 0.464 e. The first-order valence-corrected chi connectivity index (χ1v) is 6.95. The molecule has 1 aliphatic heterocycles. The Hall–Kier alpha value is -1.74. The van der Waals surface area contributed by atoms with Crippen LogP contribution in [0.15, 0.2) is 21.8 Å². The Morgan fingerprint density at radius 3 is 2.00 bits per heavy atom. The summed E-state index contributed by atoms with van der Waals surface area (Å²) < 4.78 is 83.4. The van der Waals surface area contributed by atoms with Crippen molar-refractivity contribution in [3.63, 3.8) is 0 Å². The summed E-state index contributed by atoms with van der Waals surface area (Å²) in [6.07, 6.45) is -9.93. The number of aliphatic imine (C=N–C) groups is 2. The van der Waals surface area contributed by atoms with Crippen molar-refractivity contribution in [2.45, 2.75) is 33.1 Å². The Bertz CT molecular complexity index is 503. The van der Waals surface area contributed by atoms with E-state index in [1.54, 1.807) is 13.8 Å². The zero-order valence-electron chi connectivity index (χ0n) is 12.8. The standard InChI is InChI=1S/C13H17F6N3O/c1-4-22(5-2)10-8(12(14,15)16)7-9(13(17,18)19)20-11(21-10)23-6-3/h7-8H,4-6H2,1-3H3. The van der Waals surface area contributed by atoms with Crippen LogP contribution in [0.4, 0.5) is 26.3 Å². The van der Waals surface area contributed by atoms with Gasteiger partial charge in [0, 0.05) is 13.1 Å². The van der Waals surface area contributed by atoms with E-state index in [0.717, 1.165) is 0 Å². The molecule has 1 atom stereocenters. The first kappa shape index (κ1) is 19.3.